The van der Waals surface area contributed by atoms with Crippen molar-refractivity contribution in [2.24, 2.45) is 0 Å². The summed E-state index contributed by atoms with van der Waals surface area (Å²) < 4.78 is 28.4. The molecule has 0 spiro atoms. The molecule has 0 bridgehead atoms. The number of hydrogen-bond donors (Lipinski definition) is 1. The van der Waals surface area contributed by atoms with Crippen LogP contribution in [0.2, 0.25) is 0 Å². The van der Waals surface area contributed by atoms with Gasteiger partial charge in [0.2, 0.25) is 10.0 Å². The summed E-state index contributed by atoms with van der Waals surface area (Å²) >= 11 is 0. The second-order valence-corrected chi connectivity index (χ2v) is 10.6. The zero-order chi connectivity index (χ0) is 25.7. The van der Waals surface area contributed by atoms with Gasteiger partial charge in [-0.2, -0.15) is 8.99 Å². The fraction of sp³-hybridized carbons (Fsp3) is 0.417. The summed E-state index contributed by atoms with van der Waals surface area (Å²) in [6.45, 7) is 9.55. The van der Waals surface area contributed by atoms with Gasteiger partial charge in [-0.25, -0.2) is 13.2 Å². The van der Waals surface area contributed by atoms with E-state index in [0.29, 0.717) is 51.5 Å². The van der Waals surface area contributed by atoms with Crippen LogP contribution < -0.4 is 5.32 Å². The zero-order valence-electron chi connectivity index (χ0n) is 20.8. The molecule has 4 rings (SSSR count). The van der Waals surface area contributed by atoms with Gasteiger partial charge in [0.05, 0.1) is 17.1 Å². The van der Waals surface area contributed by atoms with Crippen LogP contribution >= 0.6 is 0 Å². The van der Waals surface area contributed by atoms with E-state index in [2.05, 4.69) is 25.7 Å². The number of aryl methyl sites for hydroxylation is 1. The van der Waals surface area contributed by atoms with E-state index in [1.807, 2.05) is 31.2 Å². The number of benzene rings is 2. The van der Waals surface area contributed by atoms with Crippen LogP contribution in [0, 0.1) is 6.92 Å². The van der Waals surface area contributed by atoms with E-state index in [0.717, 1.165) is 11.5 Å². The molecular weight excluding hydrogens is 480 g/mol. The molecule has 1 saturated heterocycles. The Hall–Kier alpha value is -3.35. The third kappa shape index (κ3) is 5.72. The van der Waals surface area contributed by atoms with Crippen LogP contribution in [-0.4, -0.2) is 88.0 Å². The molecule has 1 fully saturated rings. The van der Waals surface area contributed by atoms with Crippen LogP contribution in [0.1, 0.15) is 25.2 Å². The van der Waals surface area contributed by atoms with Gasteiger partial charge in [0, 0.05) is 45.0 Å². The van der Waals surface area contributed by atoms with Crippen LogP contribution in [0.4, 0.5) is 10.5 Å². The normalized spacial score (nSPS) is 14.8. The molecule has 0 radical (unpaired) electrons. The summed E-state index contributed by atoms with van der Waals surface area (Å²) in [5.41, 5.74) is 2.64. The largest absolute Gasteiger partial charge is 0.322 e. The van der Waals surface area contributed by atoms with Crippen molar-refractivity contribution in [1.82, 2.24) is 34.3 Å². The number of rotatable bonds is 8. The van der Waals surface area contributed by atoms with Crippen LogP contribution in [0.25, 0.3) is 5.69 Å². The number of hydrogen-bond acceptors (Lipinski definition) is 7. The first-order chi connectivity index (χ1) is 17.3. The molecule has 3 aromatic rings. The Kier molecular flexibility index (Phi) is 7.97. The molecule has 11 nitrogen and oxygen atoms in total. The van der Waals surface area contributed by atoms with E-state index in [9.17, 15) is 13.2 Å². The molecule has 2 aromatic carbocycles. The molecule has 2 amide bonds. The highest BCUT2D eigenvalue weighted by Gasteiger charge is 2.24. The molecule has 192 valence electrons. The summed E-state index contributed by atoms with van der Waals surface area (Å²) in [6.07, 6.45) is 0. The zero-order valence-corrected chi connectivity index (χ0v) is 21.6. The predicted molar refractivity (Wildman–Crippen MR) is 136 cm³/mol. The third-order valence-electron chi connectivity index (χ3n) is 6.29. The Morgan fingerprint density at radius 3 is 2.22 bits per heavy atom. The number of sulfonamides is 1. The minimum Gasteiger partial charge on any atom is -0.322 e. The molecular formula is C24H32N8O3S. The van der Waals surface area contributed by atoms with Crippen molar-refractivity contribution in [3.63, 3.8) is 0 Å². The minimum atomic E-state index is -3.53. The fourth-order valence-corrected chi connectivity index (χ4v) is 5.58. The number of aromatic nitrogens is 4. The number of nitrogens with one attached hydrogen (secondary N) is 1. The molecule has 12 heteroatoms. The highest BCUT2D eigenvalue weighted by atomic mass is 32.2. The molecule has 1 aromatic heterocycles. The molecule has 0 aliphatic carbocycles. The van der Waals surface area contributed by atoms with Crippen LogP contribution in [-0.2, 0) is 16.6 Å². The monoisotopic (exact) mass is 512 g/mol. The fourth-order valence-electron chi connectivity index (χ4n) is 4.13. The highest BCUT2D eigenvalue weighted by molar-refractivity contribution is 7.89. The lowest BCUT2D eigenvalue weighted by Crippen LogP contribution is -2.49. The van der Waals surface area contributed by atoms with Crippen molar-refractivity contribution >= 4 is 21.7 Å². The Labute approximate surface area is 211 Å². The predicted octanol–water partition coefficient (Wildman–Crippen LogP) is 2.35. The number of urea groups is 1. The van der Waals surface area contributed by atoms with Gasteiger partial charge >= 0.3 is 6.03 Å². The summed E-state index contributed by atoms with van der Waals surface area (Å²) in [5, 5.41) is 15.0. The molecule has 36 heavy (non-hydrogen) atoms. The Morgan fingerprint density at radius 2 is 1.61 bits per heavy atom. The van der Waals surface area contributed by atoms with Crippen LogP contribution in [0.3, 0.4) is 0 Å². The highest BCUT2D eigenvalue weighted by Crippen LogP contribution is 2.19. The summed E-state index contributed by atoms with van der Waals surface area (Å²) in [4.78, 5) is 17.0. The summed E-state index contributed by atoms with van der Waals surface area (Å²) in [6, 6.07) is 14.1. The standard InChI is InChI=1S/C24H32N8O3S/c1-4-31(5-2)36(34,35)22-12-8-20(9-13-22)25-24(33)30-16-14-29(15-17-30)18-23-26-27-28-32(23)21-10-6-19(3)7-11-21/h6-13H,4-5,14-18H2,1-3H3,(H,25,33). The average Bonchev–Trinajstić information content (AvgIpc) is 3.34. The van der Waals surface area contributed by atoms with Crippen LogP contribution in [0.15, 0.2) is 53.4 Å². The van der Waals surface area contributed by atoms with E-state index >= 15 is 0 Å². The number of anilines is 1. The average molecular weight is 513 g/mol. The van der Waals surface area contributed by atoms with E-state index in [-0.39, 0.29) is 10.9 Å². The maximum Gasteiger partial charge on any atom is 0.321 e. The lowest BCUT2D eigenvalue weighted by Gasteiger charge is -2.34. The SMILES string of the molecule is CCN(CC)S(=O)(=O)c1ccc(NC(=O)N2CCN(Cc3nnnn3-c3ccc(C)cc3)CC2)cc1. The van der Waals surface area contributed by atoms with Crippen LogP contribution in [0.5, 0.6) is 0 Å². The van der Waals surface area contributed by atoms with Crippen molar-refractivity contribution in [2.75, 3.05) is 44.6 Å². The van der Waals surface area contributed by atoms with E-state index in [1.165, 1.54) is 22.0 Å². The number of nitrogens with zero attached hydrogens (tertiary/aromatic N) is 7. The Morgan fingerprint density at radius 1 is 0.972 bits per heavy atom. The van der Waals surface area contributed by atoms with Crippen molar-refractivity contribution in [2.45, 2.75) is 32.2 Å². The van der Waals surface area contributed by atoms with Gasteiger partial charge in [0.15, 0.2) is 5.82 Å². The first-order valence-corrected chi connectivity index (χ1v) is 13.5. The van der Waals surface area contributed by atoms with Gasteiger partial charge in [-0.05, 0) is 53.7 Å². The Bertz CT molecular complexity index is 1260. The summed E-state index contributed by atoms with van der Waals surface area (Å²) in [7, 11) is -3.53. The molecule has 2 heterocycles. The Balaban J connectivity index is 1.31. The van der Waals surface area contributed by atoms with Gasteiger partial charge < -0.3 is 10.2 Å². The lowest BCUT2D eigenvalue weighted by atomic mass is 10.2. The molecule has 1 N–H and O–H groups in total. The van der Waals surface area contributed by atoms with Crippen molar-refractivity contribution in [3.8, 4) is 5.69 Å². The third-order valence-corrected chi connectivity index (χ3v) is 8.35. The first-order valence-electron chi connectivity index (χ1n) is 12.0. The molecule has 0 atom stereocenters. The minimum absolute atomic E-state index is 0.210. The van der Waals surface area contributed by atoms with Crippen molar-refractivity contribution < 1.29 is 13.2 Å². The van der Waals surface area contributed by atoms with Gasteiger partial charge in [-0.3, -0.25) is 4.90 Å². The maximum absolute atomic E-state index is 12.8. The topological polar surface area (TPSA) is 117 Å². The molecule has 1 aliphatic heterocycles. The van der Waals surface area contributed by atoms with Gasteiger partial charge in [-0.1, -0.05) is 31.5 Å². The number of tetrazole rings is 1. The van der Waals surface area contributed by atoms with Crippen molar-refractivity contribution in [3.05, 3.63) is 59.9 Å². The molecule has 0 unspecified atom stereocenters. The molecule has 0 saturated carbocycles. The van der Waals surface area contributed by atoms with Gasteiger partial charge in [0.25, 0.3) is 0 Å². The number of carbonyl (C=O) groups excluding carboxylic acids is 1. The number of piperazine rings is 1. The summed E-state index contributed by atoms with van der Waals surface area (Å²) in [5.74, 6) is 0.747. The lowest BCUT2D eigenvalue weighted by molar-refractivity contribution is 0.140. The first kappa shape index (κ1) is 25.7. The van der Waals surface area contributed by atoms with E-state index in [4.69, 9.17) is 0 Å². The van der Waals surface area contributed by atoms with E-state index in [1.54, 1.807) is 35.6 Å². The molecule has 1 aliphatic rings. The van der Waals surface area contributed by atoms with E-state index < -0.39 is 10.0 Å². The van der Waals surface area contributed by atoms with Gasteiger partial charge in [-0.15, -0.1) is 5.10 Å². The van der Waals surface area contributed by atoms with Crippen molar-refractivity contribution in [1.29, 1.82) is 0 Å². The maximum atomic E-state index is 12.8. The second-order valence-electron chi connectivity index (χ2n) is 8.65. The van der Waals surface area contributed by atoms with Gasteiger partial charge in [0.1, 0.15) is 0 Å². The second kappa shape index (κ2) is 11.1. The number of carbonyl (C=O) groups is 1. The smallest absolute Gasteiger partial charge is 0.321 e. The quantitative estimate of drug-likeness (QED) is 0.492. The number of amides is 2.